The number of thiophene rings is 1. The van der Waals surface area contributed by atoms with Gasteiger partial charge in [0.15, 0.2) is 0 Å². The zero-order chi connectivity index (χ0) is 13.7. The second kappa shape index (κ2) is 6.31. The summed E-state index contributed by atoms with van der Waals surface area (Å²) in [5, 5.41) is 6.96. The van der Waals surface area contributed by atoms with Crippen molar-refractivity contribution in [2.75, 3.05) is 12.0 Å². The summed E-state index contributed by atoms with van der Waals surface area (Å²) >= 11 is 1.65. The summed E-state index contributed by atoms with van der Waals surface area (Å²) in [5.41, 5.74) is 5.60. The Kier molecular flexibility index (Phi) is 4.48. The maximum Gasteiger partial charge on any atom is 0.255 e. The molecule has 2 aromatic heterocycles. The summed E-state index contributed by atoms with van der Waals surface area (Å²) in [6.07, 6.45) is 2.35. The number of nitrogens with two attached hydrogens (primary N) is 1. The first-order valence-corrected chi connectivity index (χ1v) is 6.87. The van der Waals surface area contributed by atoms with Crippen molar-refractivity contribution < 1.29 is 4.79 Å². The zero-order valence-electron chi connectivity index (χ0n) is 10.6. The molecule has 0 aliphatic heterocycles. The highest BCUT2D eigenvalue weighted by Crippen LogP contribution is 2.14. The molecule has 2 rings (SSSR count). The van der Waals surface area contributed by atoms with Crippen LogP contribution in [0.1, 0.15) is 21.6 Å². The Hall–Kier alpha value is -1.92. The highest BCUT2D eigenvalue weighted by atomic mass is 32.1. The van der Waals surface area contributed by atoms with E-state index in [0.29, 0.717) is 17.8 Å². The minimum atomic E-state index is -0.171. The largest absolute Gasteiger partial charge is 0.352 e. The molecule has 0 aromatic carbocycles. The van der Waals surface area contributed by atoms with Gasteiger partial charge in [-0.15, -0.1) is 0 Å². The lowest BCUT2D eigenvalue weighted by Gasteiger charge is -2.09. The third kappa shape index (κ3) is 3.52. The lowest BCUT2D eigenvalue weighted by atomic mass is 10.2. The minimum absolute atomic E-state index is 0.171. The Morgan fingerprint density at radius 3 is 3.05 bits per heavy atom. The molecule has 0 saturated carbocycles. The normalized spacial score (nSPS) is 10.2. The summed E-state index contributed by atoms with van der Waals surface area (Å²) < 4.78 is 0. The van der Waals surface area contributed by atoms with Crippen molar-refractivity contribution in [2.24, 2.45) is 5.84 Å². The number of nitrogens with one attached hydrogen (secondary N) is 2. The Bertz CT molecular complexity index is 554. The Balaban J connectivity index is 1.96. The van der Waals surface area contributed by atoms with E-state index < -0.39 is 0 Å². The van der Waals surface area contributed by atoms with E-state index in [1.54, 1.807) is 17.4 Å². The fourth-order valence-corrected chi connectivity index (χ4v) is 2.41. The van der Waals surface area contributed by atoms with Crippen LogP contribution >= 0.6 is 11.3 Å². The van der Waals surface area contributed by atoms with Gasteiger partial charge in [0, 0.05) is 18.4 Å². The van der Waals surface area contributed by atoms with Crippen molar-refractivity contribution in [3.05, 3.63) is 45.9 Å². The lowest BCUT2D eigenvalue weighted by Crippen LogP contribution is -2.27. The summed E-state index contributed by atoms with van der Waals surface area (Å²) in [6, 6.07) is 3.80. The van der Waals surface area contributed by atoms with Gasteiger partial charge < -0.3 is 10.7 Å². The molecule has 0 bridgehead atoms. The van der Waals surface area contributed by atoms with E-state index in [0.717, 1.165) is 12.1 Å². The van der Waals surface area contributed by atoms with Crippen molar-refractivity contribution in [1.29, 1.82) is 0 Å². The standard InChI is InChI=1S/C13H16N4OS/c1-9-6-12(17-14)11(7-16-9)13(18)15-4-2-10-3-5-19-8-10/h3,5-8H,2,4,14H2,1H3,(H,15,18)(H,16,17). The molecule has 5 nitrogen and oxygen atoms in total. The van der Waals surface area contributed by atoms with Gasteiger partial charge in [0.1, 0.15) is 0 Å². The maximum atomic E-state index is 12.0. The molecule has 4 N–H and O–H groups in total. The number of amides is 1. The molecule has 0 aliphatic carbocycles. The average Bonchev–Trinajstić information content (AvgIpc) is 2.91. The number of aryl methyl sites for hydroxylation is 1. The van der Waals surface area contributed by atoms with Crippen molar-refractivity contribution in [2.45, 2.75) is 13.3 Å². The van der Waals surface area contributed by atoms with Gasteiger partial charge in [-0.25, -0.2) is 0 Å². The molecular weight excluding hydrogens is 260 g/mol. The van der Waals surface area contributed by atoms with E-state index in [-0.39, 0.29) is 5.91 Å². The number of pyridine rings is 1. The van der Waals surface area contributed by atoms with E-state index in [2.05, 4.69) is 27.2 Å². The van der Waals surface area contributed by atoms with Crippen molar-refractivity contribution >= 4 is 22.9 Å². The molecule has 0 saturated heterocycles. The van der Waals surface area contributed by atoms with Crippen molar-refractivity contribution in [3.63, 3.8) is 0 Å². The van der Waals surface area contributed by atoms with E-state index in [9.17, 15) is 4.79 Å². The number of hydrogen-bond donors (Lipinski definition) is 3. The topological polar surface area (TPSA) is 80.0 Å². The van der Waals surface area contributed by atoms with Crippen LogP contribution in [0.25, 0.3) is 0 Å². The second-order valence-corrected chi connectivity index (χ2v) is 4.93. The minimum Gasteiger partial charge on any atom is -0.352 e. The predicted octanol–water partition coefficient (Wildman–Crippen LogP) is 1.71. The Labute approximate surface area is 115 Å². The van der Waals surface area contributed by atoms with Crippen LogP contribution in [0.2, 0.25) is 0 Å². The average molecular weight is 276 g/mol. The van der Waals surface area contributed by atoms with Gasteiger partial charge in [0.05, 0.1) is 11.3 Å². The van der Waals surface area contributed by atoms with Gasteiger partial charge in [-0.3, -0.25) is 15.6 Å². The number of nitrogens with zero attached hydrogens (tertiary/aromatic N) is 1. The van der Waals surface area contributed by atoms with E-state index >= 15 is 0 Å². The fourth-order valence-electron chi connectivity index (χ4n) is 1.71. The molecule has 0 radical (unpaired) electrons. The Morgan fingerprint density at radius 1 is 1.53 bits per heavy atom. The molecule has 1 amide bonds. The molecule has 0 atom stereocenters. The number of anilines is 1. The van der Waals surface area contributed by atoms with Gasteiger partial charge in [-0.2, -0.15) is 11.3 Å². The van der Waals surface area contributed by atoms with Crippen LogP contribution in [-0.2, 0) is 6.42 Å². The number of hydrazine groups is 1. The quantitative estimate of drug-likeness (QED) is 0.573. The number of carbonyl (C=O) groups excluding carboxylic acids is 1. The molecule has 0 unspecified atom stereocenters. The van der Waals surface area contributed by atoms with Gasteiger partial charge >= 0.3 is 0 Å². The van der Waals surface area contributed by atoms with Gasteiger partial charge in [-0.1, -0.05) is 0 Å². The SMILES string of the molecule is Cc1cc(NN)c(C(=O)NCCc2ccsc2)cn1. The molecule has 19 heavy (non-hydrogen) atoms. The number of aromatic nitrogens is 1. The van der Waals surface area contributed by atoms with Crippen LogP contribution in [-0.4, -0.2) is 17.4 Å². The van der Waals surface area contributed by atoms with Crippen LogP contribution in [0.5, 0.6) is 0 Å². The van der Waals surface area contributed by atoms with Gasteiger partial charge in [-0.05, 0) is 41.8 Å². The zero-order valence-corrected chi connectivity index (χ0v) is 11.5. The van der Waals surface area contributed by atoms with Crippen LogP contribution in [0.3, 0.4) is 0 Å². The highest BCUT2D eigenvalue weighted by Gasteiger charge is 2.11. The molecule has 6 heteroatoms. The number of carbonyl (C=O) groups is 1. The summed E-state index contributed by atoms with van der Waals surface area (Å²) in [7, 11) is 0. The summed E-state index contributed by atoms with van der Waals surface area (Å²) in [4.78, 5) is 16.1. The van der Waals surface area contributed by atoms with Crippen molar-refractivity contribution in [3.8, 4) is 0 Å². The van der Waals surface area contributed by atoms with Crippen LogP contribution in [0.4, 0.5) is 5.69 Å². The number of rotatable bonds is 5. The summed E-state index contributed by atoms with van der Waals surface area (Å²) in [5.74, 6) is 5.24. The van der Waals surface area contributed by atoms with E-state index in [1.807, 2.05) is 12.3 Å². The first kappa shape index (κ1) is 13.5. The first-order valence-electron chi connectivity index (χ1n) is 5.93. The third-order valence-electron chi connectivity index (χ3n) is 2.72. The number of nitrogen functional groups attached to an aromatic ring is 1. The predicted molar refractivity (Wildman–Crippen MR) is 77.1 cm³/mol. The molecule has 0 aliphatic rings. The van der Waals surface area contributed by atoms with Gasteiger partial charge in [0.25, 0.3) is 5.91 Å². The lowest BCUT2D eigenvalue weighted by molar-refractivity contribution is 0.0954. The van der Waals surface area contributed by atoms with E-state index in [4.69, 9.17) is 5.84 Å². The summed E-state index contributed by atoms with van der Waals surface area (Å²) in [6.45, 7) is 2.44. The van der Waals surface area contributed by atoms with Crippen LogP contribution in [0, 0.1) is 6.92 Å². The Morgan fingerprint density at radius 2 is 2.37 bits per heavy atom. The second-order valence-electron chi connectivity index (χ2n) is 4.15. The molecular formula is C13H16N4OS. The molecule has 0 fully saturated rings. The van der Waals surface area contributed by atoms with Crippen molar-refractivity contribution in [1.82, 2.24) is 10.3 Å². The maximum absolute atomic E-state index is 12.0. The fraction of sp³-hybridized carbons (Fsp3) is 0.231. The molecule has 100 valence electrons. The molecule has 0 spiro atoms. The highest BCUT2D eigenvalue weighted by molar-refractivity contribution is 7.07. The first-order chi connectivity index (χ1) is 9.20. The van der Waals surface area contributed by atoms with Gasteiger partial charge in [0.2, 0.25) is 0 Å². The van der Waals surface area contributed by atoms with E-state index in [1.165, 1.54) is 11.8 Å². The van der Waals surface area contributed by atoms with Crippen LogP contribution in [0.15, 0.2) is 29.1 Å². The molecule has 2 heterocycles. The smallest absolute Gasteiger partial charge is 0.255 e. The monoisotopic (exact) mass is 276 g/mol. The van der Waals surface area contributed by atoms with Crippen LogP contribution < -0.4 is 16.6 Å². The number of hydrogen-bond acceptors (Lipinski definition) is 5. The molecule has 2 aromatic rings. The third-order valence-corrected chi connectivity index (χ3v) is 3.45.